The van der Waals surface area contributed by atoms with Crippen molar-refractivity contribution in [2.45, 2.75) is 20.0 Å². The summed E-state index contributed by atoms with van der Waals surface area (Å²) in [6.07, 6.45) is -0.591. The quantitative estimate of drug-likeness (QED) is 0.427. The molecular formula is C22H23F3N8O4. The zero-order valence-electron chi connectivity index (χ0n) is 20.0. The number of alkyl halides is 3. The molecule has 3 aromatic heterocycles. The van der Waals surface area contributed by atoms with E-state index in [-0.39, 0.29) is 41.4 Å². The van der Waals surface area contributed by atoms with Gasteiger partial charge in [0.1, 0.15) is 24.3 Å². The van der Waals surface area contributed by atoms with Gasteiger partial charge >= 0.3 is 6.18 Å². The molecule has 1 fully saturated rings. The Morgan fingerprint density at radius 3 is 2.70 bits per heavy atom. The Labute approximate surface area is 208 Å². The monoisotopic (exact) mass is 520 g/mol. The van der Waals surface area contributed by atoms with E-state index in [1.54, 1.807) is 20.9 Å². The summed E-state index contributed by atoms with van der Waals surface area (Å²) in [7, 11) is 1.60. The summed E-state index contributed by atoms with van der Waals surface area (Å²) in [6.45, 7) is 1.97. The molecule has 4 heterocycles. The van der Waals surface area contributed by atoms with Crippen LogP contribution in [0.15, 0.2) is 35.2 Å². The lowest BCUT2D eigenvalue weighted by atomic mass is 9.81. The van der Waals surface area contributed by atoms with E-state index in [1.807, 2.05) is 0 Å². The van der Waals surface area contributed by atoms with E-state index < -0.39 is 35.9 Å². The number of aryl methyl sites for hydroxylation is 1. The van der Waals surface area contributed by atoms with Crippen LogP contribution >= 0.6 is 0 Å². The molecule has 1 atom stereocenters. The maximum atomic E-state index is 13.0. The van der Waals surface area contributed by atoms with Crippen molar-refractivity contribution in [3.05, 3.63) is 36.5 Å². The van der Waals surface area contributed by atoms with Gasteiger partial charge in [-0.1, -0.05) is 13.8 Å². The highest BCUT2D eigenvalue weighted by Gasteiger charge is 2.51. The maximum absolute atomic E-state index is 13.0. The fourth-order valence-corrected chi connectivity index (χ4v) is 3.93. The number of carbonyl (C=O) groups is 3. The summed E-state index contributed by atoms with van der Waals surface area (Å²) >= 11 is 0. The van der Waals surface area contributed by atoms with Gasteiger partial charge in [0.25, 0.3) is 5.91 Å². The van der Waals surface area contributed by atoms with Crippen LogP contribution in [-0.4, -0.2) is 56.7 Å². The fraction of sp³-hybridized carbons (Fsp3) is 0.364. The first-order valence-corrected chi connectivity index (χ1v) is 10.9. The van der Waals surface area contributed by atoms with E-state index in [1.165, 1.54) is 34.1 Å². The second-order valence-electron chi connectivity index (χ2n) is 9.02. The third kappa shape index (κ3) is 5.24. The van der Waals surface area contributed by atoms with Crippen molar-refractivity contribution in [1.82, 2.24) is 19.7 Å². The normalized spacial score (nSPS) is 17.2. The van der Waals surface area contributed by atoms with Gasteiger partial charge in [-0.15, -0.1) is 0 Å². The molecule has 0 bridgehead atoms. The van der Waals surface area contributed by atoms with E-state index in [0.29, 0.717) is 5.56 Å². The van der Waals surface area contributed by atoms with Gasteiger partial charge in [0.15, 0.2) is 11.5 Å². The van der Waals surface area contributed by atoms with Crippen LogP contribution in [0.25, 0.3) is 11.5 Å². The zero-order chi connectivity index (χ0) is 27.1. The topological polar surface area (TPSA) is 161 Å². The Kier molecular flexibility index (Phi) is 6.39. The van der Waals surface area contributed by atoms with Gasteiger partial charge in [-0.2, -0.15) is 18.3 Å². The zero-order valence-corrected chi connectivity index (χ0v) is 20.0. The first-order chi connectivity index (χ1) is 17.3. The van der Waals surface area contributed by atoms with E-state index in [4.69, 9.17) is 10.2 Å². The summed E-state index contributed by atoms with van der Waals surface area (Å²) in [6, 6.07) is 2.76. The molecule has 37 heavy (non-hydrogen) atoms. The lowest BCUT2D eigenvalue weighted by Gasteiger charge is -2.20. The van der Waals surface area contributed by atoms with Gasteiger partial charge in [0, 0.05) is 25.4 Å². The molecule has 12 nitrogen and oxygen atoms in total. The summed E-state index contributed by atoms with van der Waals surface area (Å²) in [5.74, 6) is -2.37. The minimum atomic E-state index is -4.42. The second-order valence-corrected chi connectivity index (χ2v) is 9.02. The number of primary amides is 1. The molecule has 1 aliphatic rings. The number of hydrogen-bond donors (Lipinski definition) is 3. The van der Waals surface area contributed by atoms with Gasteiger partial charge in [-0.3, -0.25) is 24.0 Å². The highest BCUT2D eigenvalue weighted by molar-refractivity contribution is 6.08. The smallest absolute Gasteiger partial charge is 0.405 e. The van der Waals surface area contributed by atoms with Gasteiger partial charge in [0.2, 0.25) is 17.7 Å². The van der Waals surface area contributed by atoms with Crippen molar-refractivity contribution in [2.24, 2.45) is 24.1 Å². The number of halogens is 3. The number of nitrogens with two attached hydrogens (primary N) is 1. The Bertz CT molecular complexity index is 1360. The highest BCUT2D eigenvalue weighted by Crippen LogP contribution is 2.40. The third-order valence-electron chi connectivity index (χ3n) is 5.90. The summed E-state index contributed by atoms with van der Waals surface area (Å²) in [5.41, 5.74) is 4.78. The van der Waals surface area contributed by atoms with Crippen molar-refractivity contribution in [2.75, 3.05) is 28.6 Å². The molecule has 0 aromatic carbocycles. The SMILES string of the molecule is Cn1cc(NC(=O)c2coc(-c3ccnc(NCC(F)(F)F)c3)n2)c(N2CC(C(N)=O)C(C)(C)C2=O)n1. The van der Waals surface area contributed by atoms with Crippen molar-refractivity contribution in [3.8, 4) is 11.5 Å². The molecule has 0 spiro atoms. The Morgan fingerprint density at radius 2 is 2.05 bits per heavy atom. The number of amides is 3. The molecule has 0 aliphatic carbocycles. The van der Waals surface area contributed by atoms with E-state index in [9.17, 15) is 27.6 Å². The molecule has 1 aliphatic heterocycles. The molecule has 1 unspecified atom stereocenters. The molecule has 3 aromatic rings. The molecule has 1 saturated heterocycles. The molecule has 0 saturated carbocycles. The van der Waals surface area contributed by atoms with Gasteiger partial charge < -0.3 is 20.8 Å². The predicted octanol–water partition coefficient (Wildman–Crippen LogP) is 2.17. The van der Waals surface area contributed by atoms with E-state index in [0.717, 1.165) is 6.26 Å². The predicted molar refractivity (Wildman–Crippen MR) is 124 cm³/mol. The van der Waals surface area contributed by atoms with Crippen LogP contribution in [0.4, 0.5) is 30.5 Å². The second kappa shape index (κ2) is 9.22. The van der Waals surface area contributed by atoms with Gasteiger partial charge in [-0.25, -0.2) is 9.97 Å². The first-order valence-electron chi connectivity index (χ1n) is 10.9. The number of aromatic nitrogens is 4. The molecular weight excluding hydrogens is 497 g/mol. The number of oxazole rings is 1. The Hall–Kier alpha value is -4.43. The lowest BCUT2D eigenvalue weighted by molar-refractivity contribution is -0.131. The van der Waals surface area contributed by atoms with Crippen LogP contribution < -0.4 is 21.3 Å². The number of pyridine rings is 1. The van der Waals surface area contributed by atoms with Crippen LogP contribution in [0.3, 0.4) is 0 Å². The summed E-state index contributed by atoms with van der Waals surface area (Å²) in [5, 5.41) is 9.04. The number of hydrogen-bond acceptors (Lipinski definition) is 8. The van der Waals surface area contributed by atoms with Crippen molar-refractivity contribution in [3.63, 3.8) is 0 Å². The van der Waals surface area contributed by atoms with Crippen LogP contribution in [0.1, 0.15) is 24.3 Å². The molecule has 196 valence electrons. The number of anilines is 3. The highest BCUT2D eigenvalue weighted by atomic mass is 19.4. The third-order valence-corrected chi connectivity index (χ3v) is 5.90. The molecule has 4 rings (SSSR count). The molecule has 0 radical (unpaired) electrons. The van der Waals surface area contributed by atoms with Crippen molar-refractivity contribution >= 4 is 35.0 Å². The van der Waals surface area contributed by atoms with Gasteiger partial charge in [0.05, 0.1) is 17.5 Å². The molecule has 4 N–H and O–H groups in total. The molecule has 15 heteroatoms. The average Bonchev–Trinajstić information content (AvgIpc) is 3.49. The van der Waals surface area contributed by atoms with E-state index >= 15 is 0 Å². The van der Waals surface area contributed by atoms with E-state index in [2.05, 4.69) is 25.7 Å². The Morgan fingerprint density at radius 1 is 1.32 bits per heavy atom. The average molecular weight is 520 g/mol. The first kappa shape index (κ1) is 25.7. The lowest BCUT2D eigenvalue weighted by Crippen LogP contribution is -2.36. The number of nitrogens with one attached hydrogen (secondary N) is 2. The summed E-state index contributed by atoms with van der Waals surface area (Å²) < 4.78 is 44.1. The van der Waals surface area contributed by atoms with Crippen LogP contribution in [-0.2, 0) is 16.6 Å². The van der Waals surface area contributed by atoms with Crippen LogP contribution in [0.5, 0.6) is 0 Å². The minimum absolute atomic E-state index is 0.00189. The Balaban J connectivity index is 1.52. The molecule has 3 amide bonds. The number of rotatable bonds is 7. The number of nitrogens with zero attached hydrogens (tertiary/aromatic N) is 5. The van der Waals surface area contributed by atoms with Crippen LogP contribution in [0.2, 0.25) is 0 Å². The van der Waals surface area contributed by atoms with Gasteiger partial charge in [-0.05, 0) is 12.1 Å². The fourth-order valence-electron chi connectivity index (χ4n) is 3.93. The largest absolute Gasteiger partial charge is 0.444 e. The van der Waals surface area contributed by atoms with Crippen molar-refractivity contribution in [1.29, 1.82) is 0 Å². The standard InChI is InChI=1S/C22H23F3N8O4/c1-21(2)12(16(26)34)7-33(20(21)36)17-13(8-32(3)31-17)29-18(35)14-9-37-19(30-14)11-4-5-27-15(6-11)28-10-22(23,24)25/h4-6,8-9,12H,7,10H2,1-3H3,(H2,26,34)(H,27,28)(H,29,35). The summed E-state index contributed by atoms with van der Waals surface area (Å²) in [4.78, 5) is 47.0. The number of carbonyl (C=O) groups excluding carboxylic acids is 3. The van der Waals surface area contributed by atoms with Crippen LogP contribution in [0, 0.1) is 11.3 Å². The minimum Gasteiger partial charge on any atom is -0.444 e. The maximum Gasteiger partial charge on any atom is 0.405 e. The van der Waals surface area contributed by atoms with Crippen molar-refractivity contribution < 1.29 is 32.0 Å².